The highest BCUT2D eigenvalue weighted by atomic mass is 16.5. The number of hydrogen-bond acceptors (Lipinski definition) is 2. The SMILES string of the molecule is CCNCC1CCC(C)(C)O1. The van der Waals surface area contributed by atoms with Crippen LogP contribution < -0.4 is 5.32 Å². The minimum atomic E-state index is 0.125. The van der Waals surface area contributed by atoms with E-state index in [1.165, 1.54) is 12.8 Å². The summed E-state index contributed by atoms with van der Waals surface area (Å²) in [4.78, 5) is 0. The van der Waals surface area contributed by atoms with E-state index in [-0.39, 0.29) is 5.60 Å². The summed E-state index contributed by atoms with van der Waals surface area (Å²) in [5.74, 6) is 0. The van der Waals surface area contributed by atoms with Crippen LogP contribution in [0.25, 0.3) is 0 Å². The third kappa shape index (κ3) is 2.80. The molecule has 1 unspecified atom stereocenters. The lowest BCUT2D eigenvalue weighted by Crippen LogP contribution is -2.29. The van der Waals surface area contributed by atoms with Crippen LogP contribution in [0.3, 0.4) is 0 Å². The Labute approximate surface area is 69.3 Å². The average molecular weight is 157 g/mol. The van der Waals surface area contributed by atoms with Gasteiger partial charge in [-0.25, -0.2) is 0 Å². The van der Waals surface area contributed by atoms with Crippen LogP contribution in [0.15, 0.2) is 0 Å². The molecule has 1 aliphatic rings. The molecule has 1 aliphatic heterocycles. The van der Waals surface area contributed by atoms with E-state index < -0.39 is 0 Å². The van der Waals surface area contributed by atoms with Crippen LogP contribution in [-0.4, -0.2) is 24.8 Å². The van der Waals surface area contributed by atoms with Gasteiger partial charge in [0.1, 0.15) is 0 Å². The Morgan fingerprint density at radius 1 is 1.55 bits per heavy atom. The molecule has 0 bridgehead atoms. The second-order valence-corrected chi connectivity index (χ2v) is 3.85. The maximum Gasteiger partial charge on any atom is 0.0707 e. The topological polar surface area (TPSA) is 21.3 Å². The van der Waals surface area contributed by atoms with E-state index in [2.05, 4.69) is 26.1 Å². The zero-order chi connectivity index (χ0) is 8.32. The Bertz CT molecular complexity index is 123. The predicted octanol–water partition coefficient (Wildman–Crippen LogP) is 1.55. The zero-order valence-electron chi connectivity index (χ0n) is 7.81. The molecule has 1 saturated heterocycles. The second kappa shape index (κ2) is 3.55. The van der Waals surface area contributed by atoms with Crippen molar-refractivity contribution in [1.82, 2.24) is 5.32 Å². The van der Waals surface area contributed by atoms with Gasteiger partial charge in [-0.2, -0.15) is 0 Å². The molecule has 1 N–H and O–H groups in total. The molecule has 2 heteroatoms. The van der Waals surface area contributed by atoms with Gasteiger partial charge in [-0.3, -0.25) is 0 Å². The number of ether oxygens (including phenoxy) is 1. The summed E-state index contributed by atoms with van der Waals surface area (Å²) in [5.41, 5.74) is 0.125. The van der Waals surface area contributed by atoms with E-state index in [0.29, 0.717) is 6.10 Å². The van der Waals surface area contributed by atoms with E-state index in [4.69, 9.17) is 4.74 Å². The summed E-state index contributed by atoms with van der Waals surface area (Å²) in [7, 11) is 0. The zero-order valence-corrected chi connectivity index (χ0v) is 7.81. The van der Waals surface area contributed by atoms with Gasteiger partial charge in [0.2, 0.25) is 0 Å². The Hall–Kier alpha value is -0.0800. The Morgan fingerprint density at radius 2 is 2.27 bits per heavy atom. The van der Waals surface area contributed by atoms with Crippen molar-refractivity contribution in [1.29, 1.82) is 0 Å². The Morgan fingerprint density at radius 3 is 2.73 bits per heavy atom. The van der Waals surface area contributed by atoms with E-state index >= 15 is 0 Å². The predicted molar refractivity (Wildman–Crippen MR) is 46.7 cm³/mol. The summed E-state index contributed by atoms with van der Waals surface area (Å²) in [5, 5.41) is 3.30. The van der Waals surface area contributed by atoms with E-state index in [0.717, 1.165) is 13.1 Å². The van der Waals surface area contributed by atoms with Crippen LogP contribution >= 0.6 is 0 Å². The van der Waals surface area contributed by atoms with Gasteiger partial charge in [0.25, 0.3) is 0 Å². The highest BCUT2D eigenvalue weighted by Gasteiger charge is 2.30. The highest BCUT2D eigenvalue weighted by Crippen LogP contribution is 2.28. The van der Waals surface area contributed by atoms with Crippen LogP contribution in [0.1, 0.15) is 33.6 Å². The molecule has 66 valence electrons. The van der Waals surface area contributed by atoms with Gasteiger partial charge in [-0.05, 0) is 33.2 Å². The fourth-order valence-electron chi connectivity index (χ4n) is 1.53. The average Bonchev–Trinajstić information content (AvgIpc) is 2.26. The van der Waals surface area contributed by atoms with Gasteiger partial charge >= 0.3 is 0 Å². The van der Waals surface area contributed by atoms with Crippen molar-refractivity contribution in [2.24, 2.45) is 0 Å². The fourth-order valence-corrected chi connectivity index (χ4v) is 1.53. The van der Waals surface area contributed by atoms with Crippen LogP contribution in [0.5, 0.6) is 0 Å². The first-order valence-electron chi connectivity index (χ1n) is 4.52. The van der Waals surface area contributed by atoms with E-state index in [1.54, 1.807) is 0 Å². The van der Waals surface area contributed by atoms with Gasteiger partial charge in [-0.15, -0.1) is 0 Å². The Kier molecular flexibility index (Phi) is 2.90. The smallest absolute Gasteiger partial charge is 0.0707 e. The molecule has 0 spiro atoms. The number of rotatable bonds is 3. The molecule has 1 atom stereocenters. The van der Waals surface area contributed by atoms with Crippen LogP contribution in [0.4, 0.5) is 0 Å². The van der Waals surface area contributed by atoms with Crippen LogP contribution in [0, 0.1) is 0 Å². The molecule has 0 saturated carbocycles. The third-order valence-electron chi connectivity index (χ3n) is 2.18. The number of hydrogen-bond donors (Lipinski definition) is 1. The molecular weight excluding hydrogens is 138 g/mol. The Balaban J connectivity index is 2.20. The molecule has 0 radical (unpaired) electrons. The van der Waals surface area contributed by atoms with Gasteiger partial charge in [0.05, 0.1) is 11.7 Å². The molecule has 11 heavy (non-hydrogen) atoms. The summed E-state index contributed by atoms with van der Waals surface area (Å²) in [6.45, 7) is 8.51. The van der Waals surface area contributed by atoms with Crippen molar-refractivity contribution in [3.05, 3.63) is 0 Å². The molecule has 0 aliphatic carbocycles. The number of nitrogens with one attached hydrogen (secondary N) is 1. The van der Waals surface area contributed by atoms with Gasteiger partial charge < -0.3 is 10.1 Å². The molecule has 1 fully saturated rings. The van der Waals surface area contributed by atoms with Crippen LogP contribution in [-0.2, 0) is 4.74 Å². The lowest BCUT2D eigenvalue weighted by atomic mass is 10.1. The van der Waals surface area contributed by atoms with Crippen molar-refractivity contribution in [3.63, 3.8) is 0 Å². The van der Waals surface area contributed by atoms with Crippen molar-refractivity contribution >= 4 is 0 Å². The highest BCUT2D eigenvalue weighted by molar-refractivity contribution is 4.81. The first-order valence-corrected chi connectivity index (χ1v) is 4.52. The monoisotopic (exact) mass is 157 g/mol. The van der Waals surface area contributed by atoms with Crippen molar-refractivity contribution in [3.8, 4) is 0 Å². The normalized spacial score (nSPS) is 29.2. The lowest BCUT2D eigenvalue weighted by molar-refractivity contribution is -0.0139. The molecule has 0 aromatic heterocycles. The molecule has 0 amide bonds. The molecule has 2 nitrogen and oxygen atoms in total. The third-order valence-corrected chi connectivity index (χ3v) is 2.18. The lowest BCUT2D eigenvalue weighted by Gasteiger charge is -2.19. The fraction of sp³-hybridized carbons (Fsp3) is 1.00. The maximum absolute atomic E-state index is 5.79. The van der Waals surface area contributed by atoms with Gasteiger partial charge in [0, 0.05) is 6.54 Å². The summed E-state index contributed by atoms with van der Waals surface area (Å²) in [6.07, 6.45) is 2.85. The first-order chi connectivity index (χ1) is 5.14. The minimum Gasteiger partial charge on any atom is -0.371 e. The molecule has 0 aromatic rings. The largest absolute Gasteiger partial charge is 0.371 e. The van der Waals surface area contributed by atoms with Gasteiger partial charge in [-0.1, -0.05) is 6.92 Å². The standard InChI is InChI=1S/C9H19NO/c1-4-10-7-8-5-6-9(2,3)11-8/h8,10H,4-7H2,1-3H3. The van der Waals surface area contributed by atoms with Crippen molar-refractivity contribution < 1.29 is 4.74 Å². The molecule has 1 heterocycles. The van der Waals surface area contributed by atoms with Crippen molar-refractivity contribution in [2.75, 3.05) is 13.1 Å². The summed E-state index contributed by atoms with van der Waals surface area (Å²) in [6, 6.07) is 0. The second-order valence-electron chi connectivity index (χ2n) is 3.85. The van der Waals surface area contributed by atoms with E-state index in [9.17, 15) is 0 Å². The summed E-state index contributed by atoms with van der Waals surface area (Å²) < 4.78 is 5.79. The van der Waals surface area contributed by atoms with Gasteiger partial charge in [0.15, 0.2) is 0 Å². The molecule has 1 rings (SSSR count). The maximum atomic E-state index is 5.79. The van der Waals surface area contributed by atoms with E-state index in [1.807, 2.05) is 0 Å². The first kappa shape index (κ1) is 9.01. The molecular formula is C9H19NO. The molecule has 0 aromatic carbocycles. The minimum absolute atomic E-state index is 0.125. The quantitative estimate of drug-likeness (QED) is 0.671. The van der Waals surface area contributed by atoms with Crippen molar-refractivity contribution in [2.45, 2.75) is 45.3 Å². The summed E-state index contributed by atoms with van der Waals surface area (Å²) >= 11 is 0. The number of likely N-dealkylation sites (N-methyl/N-ethyl adjacent to an activating group) is 1. The van der Waals surface area contributed by atoms with Crippen LogP contribution in [0.2, 0.25) is 0 Å².